The molecule has 0 radical (unpaired) electrons. The van der Waals surface area contributed by atoms with Crippen LogP contribution in [0.5, 0.6) is 5.75 Å². The molecular formula is C27H29IN2O2S. The maximum atomic E-state index is 13.4. The lowest BCUT2D eigenvalue weighted by Gasteiger charge is -2.33. The minimum Gasteiger partial charge on any atom is -0.496 e. The fourth-order valence-corrected chi connectivity index (χ4v) is 6.28. The Hall–Kier alpha value is -2.19. The number of hydrogen-bond donors (Lipinski definition) is 1. The third kappa shape index (κ3) is 5.49. The molecule has 0 fully saturated rings. The van der Waals surface area contributed by atoms with Crippen LogP contribution in [0.3, 0.4) is 0 Å². The van der Waals surface area contributed by atoms with Gasteiger partial charge in [-0.3, -0.25) is 4.79 Å². The zero-order valence-corrected chi connectivity index (χ0v) is 22.4. The summed E-state index contributed by atoms with van der Waals surface area (Å²) in [4.78, 5) is 19.5. The van der Waals surface area contributed by atoms with Crippen molar-refractivity contribution in [3.63, 3.8) is 0 Å². The monoisotopic (exact) mass is 572 g/mol. The van der Waals surface area contributed by atoms with Crippen LogP contribution in [-0.4, -0.2) is 19.2 Å². The summed E-state index contributed by atoms with van der Waals surface area (Å²) < 4.78 is 6.39. The van der Waals surface area contributed by atoms with Crippen molar-refractivity contribution in [2.75, 3.05) is 12.4 Å². The molecule has 6 heteroatoms. The average molecular weight is 573 g/mol. The fraction of sp³-hybridized carbons (Fsp3) is 0.333. The normalized spacial score (nSPS) is 16.0. The van der Waals surface area contributed by atoms with Gasteiger partial charge in [0.05, 0.1) is 16.2 Å². The molecule has 4 rings (SSSR count). The summed E-state index contributed by atoms with van der Waals surface area (Å²) in [5, 5.41) is 3.86. The number of thiophene rings is 1. The van der Waals surface area contributed by atoms with Crippen LogP contribution in [0.25, 0.3) is 0 Å². The third-order valence-corrected chi connectivity index (χ3v) is 8.24. The summed E-state index contributed by atoms with van der Waals surface area (Å²) in [7, 11) is 1.67. The zero-order chi connectivity index (χ0) is 23.6. The number of halogens is 1. The first-order valence-corrected chi connectivity index (χ1v) is 13.0. The first-order chi connectivity index (χ1) is 15.8. The van der Waals surface area contributed by atoms with Crippen molar-refractivity contribution in [2.24, 2.45) is 16.3 Å². The van der Waals surface area contributed by atoms with Crippen LogP contribution < -0.4 is 10.1 Å². The summed E-state index contributed by atoms with van der Waals surface area (Å²) in [6.07, 6.45) is 4.87. The van der Waals surface area contributed by atoms with Gasteiger partial charge in [-0.25, -0.2) is 4.99 Å². The molecule has 1 aromatic heterocycles. The van der Waals surface area contributed by atoms with Crippen molar-refractivity contribution in [1.29, 1.82) is 0 Å². The van der Waals surface area contributed by atoms with Crippen molar-refractivity contribution in [1.82, 2.24) is 0 Å². The average Bonchev–Trinajstić information content (AvgIpc) is 3.15. The van der Waals surface area contributed by atoms with Crippen molar-refractivity contribution < 1.29 is 9.53 Å². The number of nitrogens with zero attached hydrogens (tertiary/aromatic N) is 1. The van der Waals surface area contributed by atoms with E-state index in [2.05, 4.69) is 48.7 Å². The number of carbonyl (C=O) groups excluding carboxylic acids is 1. The van der Waals surface area contributed by atoms with E-state index in [1.807, 2.05) is 54.7 Å². The van der Waals surface area contributed by atoms with Crippen LogP contribution in [0.15, 0.2) is 53.5 Å². The number of fused-ring (bicyclic) bond motifs is 1. The predicted molar refractivity (Wildman–Crippen MR) is 147 cm³/mol. The number of benzene rings is 2. The Morgan fingerprint density at radius 3 is 2.64 bits per heavy atom. The summed E-state index contributed by atoms with van der Waals surface area (Å²) in [5.74, 6) is 1.37. The standard InChI is InChI=1S/C27H29IN2O2S/c1-27(2,3)18-11-12-20-23(15-18)33-26(24(20)25(31)30-19-8-6-5-7-9-19)29-16-17-10-13-22(32-4)21(28)14-17/h5-10,13-14,16,18H,11-12,15H2,1-4H3,(H,30,31)/t18-/m0/s1. The topological polar surface area (TPSA) is 50.7 Å². The molecule has 1 atom stereocenters. The number of anilines is 1. The van der Waals surface area contributed by atoms with Gasteiger partial charge in [0.2, 0.25) is 0 Å². The van der Waals surface area contributed by atoms with E-state index in [4.69, 9.17) is 9.73 Å². The zero-order valence-electron chi connectivity index (χ0n) is 19.4. The van der Waals surface area contributed by atoms with Gasteiger partial charge in [-0.1, -0.05) is 39.0 Å². The highest BCUT2D eigenvalue weighted by Gasteiger charge is 2.33. The first-order valence-electron chi connectivity index (χ1n) is 11.1. The van der Waals surface area contributed by atoms with E-state index in [1.54, 1.807) is 18.4 Å². The second kappa shape index (κ2) is 9.97. The van der Waals surface area contributed by atoms with Crippen LogP contribution in [0.1, 0.15) is 53.6 Å². The molecule has 1 aliphatic carbocycles. The van der Waals surface area contributed by atoms with Crippen molar-refractivity contribution >= 4 is 56.7 Å². The van der Waals surface area contributed by atoms with Gasteiger partial charge in [0.1, 0.15) is 10.8 Å². The molecular weight excluding hydrogens is 543 g/mol. The summed E-state index contributed by atoms with van der Waals surface area (Å²) >= 11 is 3.93. The molecule has 172 valence electrons. The molecule has 0 bridgehead atoms. The Balaban J connectivity index is 1.70. The van der Waals surface area contributed by atoms with E-state index in [0.717, 1.165) is 50.4 Å². The van der Waals surface area contributed by atoms with Crippen LogP contribution in [0.2, 0.25) is 0 Å². The molecule has 0 saturated carbocycles. The number of para-hydroxylation sites is 1. The second-order valence-corrected chi connectivity index (χ2v) is 11.7. The number of carbonyl (C=O) groups is 1. The van der Waals surface area contributed by atoms with Crippen molar-refractivity contribution in [3.05, 3.63) is 73.7 Å². The van der Waals surface area contributed by atoms with E-state index < -0.39 is 0 Å². The fourth-order valence-electron chi connectivity index (χ4n) is 4.25. The molecule has 0 aliphatic heterocycles. The molecule has 0 spiro atoms. The molecule has 0 unspecified atom stereocenters. The number of ether oxygens (including phenoxy) is 1. The number of nitrogens with one attached hydrogen (secondary N) is 1. The highest BCUT2D eigenvalue weighted by atomic mass is 127. The molecule has 1 aliphatic rings. The van der Waals surface area contributed by atoms with Gasteiger partial charge in [0.15, 0.2) is 0 Å². The number of rotatable bonds is 5. The lowest BCUT2D eigenvalue weighted by Crippen LogP contribution is -2.27. The van der Waals surface area contributed by atoms with E-state index in [-0.39, 0.29) is 11.3 Å². The maximum Gasteiger partial charge on any atom is 0.259 e. The Labute approximate surface area is 213 Å². The summed E-state index contributed by atoms with van der Waals surface area (Å²) in [6, 6.07) is 15.6. The molecule has 33 heavy (non-hydrogen) atoms. The Bertz CT molecular complexity index is 1180. The number of hydrogen-bond acceptors (Lipinski definition) is 4. The Kier molecular flexibility index (Phi) is 7.24. The van der Waals surface area contributed by atoms with E-state index in [1.165, 1.54) is 10.4 Å². The number of methoxy groups -OCH3 is 1. The lowest BCUT2D eigenvalue weighted by molar-refractivity contribution is 0.102. The Morgan fingerprint density at radius 2 is 1.97 bits per heavy atom. The largest absolute Gasteiger partial charge is 0.496 e. The minimum atomic E-state index is -0.0793. The molecule has 4 nitrogen and oxygen atoms in total. The lowest BCUT2D eigenvalue weighted by atomic mass is 9.72. The van der Waals surface area contributed by atoms with Gasteiger partial charge in [-0.2, -0.15) is 0 Å². The van der Waals surface area contributed by atoms with Gasteiger partial charge >= 0.3 is 0 Å². The van der Waals surface area contributed by atoms with Crippen LogP contribution >= 0.6 is 33.9 Å². The molecule has 3 aromatic rings. The van der Waals surface area contributed by atoms with Crippen LogP contribution in [0.4, 0.5) is 10.7 Å². The Morgan fingerprint density at radius 1 is 1.21 bits per heavy atom. The summed E-state index contributed by atoms with van der Waals surface area (Å²) in [5.41, 5.74) is 3.92. The SMILES string of the molecule is COc1ccc(C=Nc2sc3c(c2C(=O)Nc2ccccc2)CC[C@H](C(C)(C)C)C3)cc1I. The van der Waals surface area contributed by atoms with Gasteiger partial charge in [-0.15, -0.1) is 11.3 Å². The summed E-state index contributed by atoms with van der Waals surface area (Å²) in [6.45, 7) is 6.93. The van der Waals surface area contributed by atoms with Crippen molar-refractivity contribution in [2.45, 2.75) is 40.0 Å². The van der Waals surface area contributed by atoms with E-state index in [0.29, 0.717) is 5.92 Å². The smallest absolute Gasteiger partial charge is 0.259 e. The molecule has 1 N–H and O–H groups in total. The second-order valence-electron chi connectivity index (χ2n) is 9.46. The first kappa shape index (κ1) is 24.0. The van der Waals surface area contributed by atoms with E-state index in [9.17, 15) is 4.79 Å². The van der Waals surface area contributed by atoms with Crippen molar-refractivity contribution in [3.8, 4) is 5.75 Å². The van der Waals surface area contributed by atoms with Crippen LogP contribution in [0, 0.1) is 14.9 Å². The van der Waals surface area contributed by atoms with Gasteiger partial charge in [0.25, 0.3) is 5.91 Å². The van der Waals surface area contributed by atoms with Crippen LogP contribution in [-0.2, 0) is 12.8 Å². The quantitative estimate of drug-likeness (QED) is 0.254. The maximum absolute atomic E-state index is 13.4. The molecule has 0 saturated heterocycles. The third-order valence-electron chi connectivity index (χ3n) is 6.24. The van der Waals surface area contributed by atoms with E-state index >= 15 is 0 Å². The molecule has 1 amide bonds. The number of aliphatic imine (C=N–C) groups is 1. The highest BCUT2D eigenvalue weighted by Crippen LogP contribution is 2.45. The molecule has 1 heterocycles. The highest BCUT2D eigenvalue weighted by molar-refractivity contribution is 14.1. The number of amides is 1. The minimum absolute atomic E-state index is 0.0793. The van der Waals surface area contributed by atoms with Gasteiger partial charge in [-0.05, 0) is 94.6 Å². The van der Waals surface area contributed by atoms with Gasteiger partial charge < -0.3 is 10.1 Å². The predicted octanol–water partition coefficient (Wildman–Crippen LogP) is 7.52. The molecule has 2 aromatic carbocycles. The van der Waals surface area contributed by atoms with Gasteiger partial charge in [0, 0.05) is 16.8 Å².